The van der Waals surface area contributed by atoms with E-state index in [-0.39, 0.29) is 16.8 Å². The van der Waals surface area contributed by atoms with Crippen LogP contribution >= 0.6 is 0 Å². The first-order chi connectivity index (χ1) is 15.6. The van der Waals surface area contributed by atoms with Gasteiger partial charge in [-0.15, -0.1) is 0 Å². The first-order valence-electron chi connectivity index (χ1n) is 10.1. The van der Waals surface area contributed by atoms with Gasteiger partial charge in [0.1, 0.15) is 5.57 Å². The third-order valence-corrected chi connectivity index (χ3v) is 5.38. The summed E-state index contributed by atoms with van der Waals surface area (Å²) >= 11 is 0. The number of benzene rings is 2. The third-order valence-electron chi connectivity index (χ3n) is 5.38. The van der Waals surface area contributed by atoms with E-state index >= 15 is 0 Å². The Bertz CT molecular complexity index is 1420. The van der Waals surface area contributed by atoms with Crippen molar-refractivity contribution in [2.45, 2.75) is 6.92 Å². The smallest absolute Gasteiger partial charge is 0.295 e. The van der Waals surface area contributed by atoms with Crippen LogP contribution in [0.15, 0.2) is 96.1 Å². The van der Waals surface area contributed by atoms with Crippen molar-refractivity contribution < 1.29 is 14.2 Å². The maximum atomic E-state index is 13.6. The molecule has 3 heterocycles. The van der Waals surface area contributed by atoms with Crippen molar-refractivity contribution in [3.8, 4) is 5.69 Å². The first-order valence-corrected chi connectivity index (χ1v) is 10.1. The Hall–Kier alpha value is -4.52. The van der Waals surface area contributed by atoms with Crippen LogP contribution in [0.3, 0.4) is 0 Å². The van der Waals surface area contributed by atoms with Gasteiger partial charge in [0.05, 0.1) is 16.9 Å². The number of imide groups is 1. The molecule has 1 N–H and O–H groups in total. The second kappa shape index (κ2) is 7.63. The summed E-state index contributed by atoms with van der Waals surface area (Å²) in [6.45, 7) is 1.72. The zero-order valence-electron chi connectivity index (χ0n) is 17.2. The number of carbonyl (C=O) groups excluding carboxylic acids is 2. The summed E-state index contributed by atoms with van der Waals surface area (Å²) in [5.74, 6) is -1.02. The summed E-state index contributed by atoms with van der Waals surface area (Å²) in [5, 5.41) is 3.05. The van der Waals surface area contributed by atoms with Crippen molar-refractivity contribution in [1.29, 1.82) is 0 Å². The minimum Gasteiger partial charge on any atom is -0.295 e. The van der Waals surface area contributed by atoms with Crippen LogP contribution < -0.4 is 15.0 Å². The summed E-state index contributed by atoms with van der Waals surface area (Å²) in [7, 11) is 0. The van der Waals surface area contributed by atoms with Crippen LogP contribution in [0.5, 0.6) is 0 Å². The Balaban J connectivity index is 1.76. The van der Waals surface area contributed by atoms with Gasteiger partial charge in [0.15, 0.2) is 12.4 Å². The molecule has 0 unspecified atom stereocenters. The molecular formula is C25H19N4O3+. The van der Waals surface area contributed by atoms with Crippen molar-refractivity contribution in [2.24, 2.45) is 0 Å². The van der Waals surface area contributed by atoms with Crippen molar-refractivity contribution in [3.05, 3.63) is 113 Å². The highest BCUT2D eigenvalue weighted by Gasteiger charge is 2.47. The molecule has 156 valence electrons. The standard InChI is InChI=1S/C25H18N4O3/c1-17-20(24(31)29(26-17)19-13-7-3-8-14-19)21-22(27-15-9-4-10-16-27)25(32)28(23(21)30)18-11-5-2-6-12-18/h2-16H,1H3/p+1. The molecule has 7 nitrogen and oxygen atoms in total. The minimum absolute atomic E-state index is 0.0727. The number of para-hydroxylation sites is 2. The number of hydrogen-bond acceptors (Lipinski definition) is 3. The van der Waals surface area contributed by atoms with E-state index in [9.17, 15) is 14.4 Å². The molecule has 0 spiro atoms. The van der Waals surface area contributed by atoms with Crippen molar-refractivity contribution >= 4 is 28.8 Å². The zero-order chi connectivity index (χ0) is 22.2. The zero-order valence-corrected chi connectivity index (χ0v) is 17.2. The van der Waals surface area contributed by atoms with Gasteiger partial charge in [0.25, 0.3) is 17.2 Å². The highest BCUT2D eigenvalue weighted by molar-refractivity contribution is 6.53. The van der Waals surface area contributed by atoms with Crippen LogP contribution in [0, 0.1) is 6.92 Å². The van der Waals surface area contributed by atoms with Gasteiger partial charge in [-0.1, -0.05) is 42.5 Å². The number of nitrogens with one attached hydrogen (secondary N) is 1. The fraction of sp³-hybridized carbons (Fsp3) is 0.0400. The SMILES string of the molecule is Cc1[nH]n(-c2ccccc2)c(=O)c1C1=C([n+]2ccccc2)C(=O)N(c2ccccc2)C1=O. The van der Waals surface area contributed by atoms with Gasteiger partial charge in [-0.05, 0) is 31.2 Å². The molecule has 0 atom stereocenters. The number of amides is 2. The molecule has 0 bridgehead atoms. The van der Waals surface area contributed by atoms with Gasteiger partial charge >= 0.3 is 5.91 Å². The van der Waals surface area contributed by atoms with Gasteiger partial charge in [0.2, 0.25) is 0 Å². The molecule has 1 aliphatic heterocycles. The summed E-state index contributed by atoms with van der Waals surface area (Å²) in [5.41, 5.74) is 1.58. The monoisotopic (exact) mass is 423 g/mol. The van der Waals surface area contributed by atoms with Crippen molar-refractivity contribution in [1.82, 2.24) is 9.78 Å². The average Bonchev–Trinajstić information content (AvgIpc) is 3.26. The molecule has 0 fully saturated rings. The topological polar surface area (TPSA) is 79.1 Å². The van der Waals surface area contributed by atoms with Crippen molar-refractivity contribution in [3.63, 3.8) is 0 Å². The van der Waals surface area contributed by atoms with E-state index in [0.717, 1.165) is 4.90 Å². The largest absolute Gasteiger partial charge is 0.331 e. The van der Waals surface area contributed by atoms with Crippen LogP contribution in [-0.4, -0.2) is 21.6 Å². The molecule has 0 radical (unpaired) electrons. The predicted octanol–water partition coefficient (Wildman–Crippen LogP) is 2.70. The second-order valence-electron chi connectivity index (χ2n) is 7.38. The van der Waals surface area contributed by atoms with Gasteiger partial charge in [-0.2, -0.15) is 4.57 Å². The lowest BCUT2D eigenvalue weighted by Gasteiger charge is -2.13. The maximum absolute atomic E-state index is 13.6. The minimum atomic E-state index is -0.535. The number of aromatic amines is 1. The Labute approximate surface area is 183 Å². The van der Waals surface area contributed by atoms with Gasteiger partial charge in [0, 0.05) is 17.8 Å². The van der Waals surface area contributed by atoms with Crippen LogP contribution in [0.1, 0.15) is 11.3 Å². The van der Waals surface area contributed by atoms with Gasteiger partial charge < -0.3 is 0 Å². The molecule has 5 rings (SSSR count). The quantitative estimate of drug-likeness (QED) is 0.405. The summed E-state index contributed by atoms with van der Waals surface area (Å²) < 4.78 is 2.96. The summed E-state index contributed by atoms with van der Waals surface area (Å²) in [6.07, 6.45) is 3.37. The van der Waals surface area contributed by atoms with E-state index in [2.05, 4.69) is 5.10 Å². The van der Waals surface area contributed by atoms with Gasteiger partial charge in [-0.3, -0.25) is 19.5 Å². The molecule has 2 aromatic carbocycles. The second-order valence-corrected chi connectivity index (χ2v) is 7.38. The lowest BCUT2D eigenvalue weighted by molar-refractivity contribution is -0.576. The lowest BCUT2D eigenvalue weighted by atomic mass is 10.1. The summed E-state index contributed by atoms with van der Waals surface area (Å²) in [6, 6.07) is 23.1. The molecule has 32 heavy (non-hydrogen) atoms. The molecule has 4 aromatic rings. The normalized spacial score (nSPS) is 13.8. The van der Waals surface area contributed by atoms with E-state index in [4.69, 9.17) is 0 Å². The van der Waals surface area contributed by atoms with Crippen LogP contribution in [0.4, 0.5) is 5.69 Å². The number of nitrogens with zero attached hydrogens (tertiary/aromatic N) is 3. The van der Waals surface area contributed by atoms with E-state index in [1.807, 2.05) is 30.3 Å². The molecule has 0 saturated heterocycles. The maximum Gasteiger partial charge on any atom is 0.331 e. The third kappa shape index (κ3) is 2.99. The number of H-pyrrole nitrogens is 1. The average molecular weight is 423 g/mol. The number of aromatic nitrogens is 3. The molecule has 0 saturated carbocycles. The number of pyridine rings is 1. The first kappa shape index (κ1) is 19.4. The Kier molecular flexibility index (Phi) is 4.63. The van der Waals surface area contributed by atoms with Crippen molar-refractivity contribution in [2.75, 3.05) is 4.90 Å². The van der Waals surface area contributed by atoms with Crippen LogP contribution in [-0.2, 0) is 9.59 Å². The van der Waals surface area contributed by atoms with E-state index in [1.165, 1.54) is 4.68 Å². The number of hydrogen-bond donors (Lipinski definition) is 1. The Morgan fingerprint density at radius 2 is 1.28 bits per heavy atom. The van der Waals surface area contributed by atoms with Crippen LogP contribution in [0.25, 0.3) is 17.0 Å². The lowest BCUT2D eigenvalue weighted by Crippen LogP contribution is -2.39. The van der Waals surface area contributed by atoms with E-state index < -0.39 is 17.4 Å². The fourth-order valence-electron chi connectivity index (χ4n) is 3.94. The number of rotatable bonds is 4. The molecule has 2 amide bonds. The Morgan fingerprint density at radius 3 is 1.91 bits per heavy atom. The molecule has 1 aliphatic rings. The fourth-order valence-corrected chi connectivity index (χ4v) is 3.94. The highest BCUT2D eigenvalue weighted by Crippen LogP contribution is 2.33. The molecule has 2 aromatic heterocycles. The number of aryl methyl sites for hydroxylation is 1. The molecule has 7 heteroatoms. The van der Waals surface area contributed by atoms with Gasteiger partial charge in [-0.25, -0.2) is 9.58 Å². The molecular weight excluding hydrogens is 404 g/mol. The Morgan fingerprint density at radius 1 is 0.719 bits per heavy atom. The van der Waals surface area contributed by atoms with E-state index in [0.29, 0.717) is 17.1 Å². The highest BCUT2D eigenvalue weighted by atomic mass is 16.2. The predicted molar refractivity (Wildman–Crippen MR) is 120 cm³/mol. The number of anilines is 1. The summed E-state index contributed by atoms with van der Waals surface area (Å²) in [4.78, 5) is 41.7. The molecule has 0 aliphatic carbocycles. The number of carbonyl (C=O) groups is 2. The van der Waals surface area contributed by atoms with E-state index in [1.54, 1.807) is 72.4 Å². The van der Waals surface area contributed by atoms with Crippen LogP contribution in [0.2, 0.25) is 0 Å².